The number of rotatable bonds is 25. The van der Waals surface area contributed by atoms with Gasteiger partial charge in [-0.3, -0.25) is 9.13 Å². The molecule has 0 aliphatic heterocycles. The van der Waals surface area contributed by atoms with Gasteiger partial charge in [0.1, 0.15) is 13.2 Å². The molecule has 0 spiro atoms. The number of aliphatic hydroxyl groups is 2. The van der Waals surface area contributed by atoms with Crippen molar-refractivity contribution in [3.8, 4) is 0 Å². The van der Waals surface area contributed by atoms with Gasteiger partial charge in [0.2, 0.25) is 0 Å². The minimum absolute atomic E-state index is 0.0386. The second-order valence-corrected chi connectivity index (χ2v) is 11.3. The minimum Gasteiger partial charge on any atom is -0.391 e. The van der Waals surface area contributed by atoms with E-state index in [4.69, 9.17) is 28.0 Å². The van der Waals surface area contributed by atoms with Crippen LogP contribution in [-0.4, -0.2) is 87.0 Å². The molecule has 6 atom stereocenters. The van der Waals surface area contributed by atoms with Crippen LogP contribution in [0.25, 0.3) is 0 Å². The highest BCUT2D eigenvalue weighted by atomic mass is 31.1. The summed E-state index contributed by atoms with van der Waals surface area (Å²) < 4.78 is 56.4. The van der Waals surface area contributed by atoms with E-state index in [1.165, 1.54) is 0 Å². The van der Waals surface area contributed by atoms with Crippen molar-refractivity contribution in [2.75, 3.05) is 52.0 Å². The highest BCUT2D eigenvalue weighted by molar-refractivity contribution is 7.39. The Morgan fingerprint density at radius 3 is 1.79 bits per heavy atom. The SMILES string of the molecule is CCCOC(O)COC(CO[PH](=O)CCCCCC[PH](=O)OCC(C)OCC(C)O)OCCC. The lowest BCUT2D eigenvalue weighted by Crippen LogP contribution is -2.29. The third-order valence-electron chi connectivity index (χ3n) is 4.44. The molecule has 0 saturated heterocycles. The maximum atomic E-state index is 12.2. The summed E-state index contributed by atoms with van der Waals surface area (Å²) in [5.41, 5.74) is 0. The highest BCUT2D eigenvalue weighted by Gasteiger charge is 2.15. The van der Waals surface area contributed by atoms with Crippen LogP contribution in [0.2, 0.25) is 0 Å². The second-order valence-electron chi connectivity index (χ2n) is 8.23. The zero-order valence-electron chi connectivity index (χ0n) is 21.4. The molecule has 0 aliphatic rings. The van der Waals surface area contributed by atoms with Crippen LogP contribution in [0.4, 0.5) is 0 Å². The maximum Gasteiger partial charge on any atom is 0.191 e. The molecule has 0 fully saturated rings. The van der Waals surface area contributed by atoms with Gasteiger partial charge in [0.05, 0.1) is 25.4 Å². The number of unbranched alkanes of at least 4 members (excludes halogenated alkanes) is 3. The number of ether oxygens (including phenoxy) is 4. The Bertz CT molecular complexity index is 510. The molecule has 0 aliphatic carbocycles. The Kier molecular flexibility index (Phi) is 23.6. The zero-order valence-corrected chi connectivity index (χ0v) is 23.4. The van der Waals surface area contributed by atoms with Crippen LogP contribution >= 0.6 is 16.1 Å². The third kappa shape index (κ3) is 22.6. The fourth-order valence-electron chi connectivity index (χ4n) is 2.64. The molecule has 10 nitrogen and oxygen atoms in total. The van der Waals surface area contributed by atoms with Crippen LogP contribution in [0, 0.1) is 0 Å². The van der Waals surface area contributed by atoms with E-state index in [-0.39, 0.29) is 32.5 Å². The molecule has 0 saturated carbocycles. The lowest BCUT2D eigenvalue weighted by molar-refractivity contribution is -0.209. The van der Waals surface area contributed by atoms with Crippen LogP contribution < -0.4 is 0 Å². The predicted molar refractivity (Wildman–Crippen MR) is 133 cm³/mol. The molecule has 12 heteroatoms. The van der Waals surface area contributed by atoms with Gasteiger partial charge in [0.25, 0.3) is 0 Å². The Morgan fingerprint density at radius 2 is 1.24 bits per heavy atom. The second kappa shape index (κ2) is 23.5. The van der Waals surface area contributed by atoms with E-state index in [1.54, 1.807) is 6.92 Å². The quantitative estimate of drug-likeness (QED) is 0.101. The first-order valence-corrected chi connectivity index (χ1v) is 15.5. The number of hydrogen-bond acceptors (Lipinski definition) is 10. The van der Waals surface area contributed by atoms with Gasteiger partial charge in [-0.15, -0.1) is 0 Å². The van der Waals surface area contributed by atoms with Crippen LogP contribution in [0.3, 0.4) is 0 Å². The van der Waals surface area contributed by atoms with Crippen LogP contribution in [0.15, 0.2) is 0 Å². The Labute approximate surface area is 206 Å². The van der Waals surface area contributed by atoms with Gasteiger partial charge in [-0.1, -0.05) is 26.7 Å². The summed E-state index contributed by atoms with van der Waals surface area (Å²) in [6, 6.07) is 0. The fourth-order valence-corrected chi connectivity index (χ4v) is 4.75. The largest absolute Gasteiger partial charge is 0.391 e. The topological polar surface area (TPSA) is 130 Å². The molecular weight excluding hydrogens is 486 g/mol. The van der Waals surface area contributed by atoms with Gasteiger partial charge in [-0.05, 0) is 39.5 Å². The van der Waals surface area contributed by atoms with E-state index >= 15 is 0 Å². The Morgan fingerprint density at radius 1 is 0.676 bits per heavy atom. The van der Waals surface area contributed by atoms with Crippen LogP contribution in [0.1, 0.15) is 66.2 Å². The molecule has 6 unspecified atom stereocenters. The van der Waals surface area contributed by atoms with Gasteiger partial charge < -0.3 is 38.2 Å². The first kappa shape index (κ1) is 34.1. The van der Waals surface area contributed by atoms with Crippen LogP contribution in [0.5, 0.6) is 0 Å². The van der Waals surface area contributed by atoms with E-state index in [0.29, 0.717) is 25.5 Å². The van der Waals surface area contributed by atoms with Crippen molar-refractivity contribution in [1.29, 1.82) is 0 Å². The van der Waals surface area contributed by atoms with Crippen LogP contribution in [-0.2, 0) is 37.1 Å². The first-order chi connectivity index (χ1) is 16.3. The molecule has 0 bridgehead atoms. The summed E-state index contributed by atoms with van der Waals surface area (Å²) in [5, 5.41) is 18.9. The number of aliphatic hydroxyl groups excluding tert-OH is 2. The first-order valence-electron chi connectivity index (χ1n) is 12.4. The molecule has 0 aromatic rings. The van der Waals surface area contributed by atoms with Gasteiger partial charge in [-0.25, -0.2) is 0 Å². The Balaban J connectivity index is 3.87. The summed E-state index contributed by atoms with van der Waals surface area (Å²) in [7, 11) is -4.30. The van der Waals surface area contributed by atoms with Crippen molar-refractivity contribution < 1.29 is 47.3 Å². The molecule has 0 aromatic heterocycles. The summed E-state index contributed by atoms with van der Waals surface area (Å²) in [6.45, 7) is 8.77. The summed E-state index contributed by atoms with van der Waals surface area (Å²) >= 11 is 0. The molecule has 34 heavy (non-hydrogen) atoms. The minimum atomic E-state index is -2.21. The highest BCUT2D eigenvalue weighted by Crippen LogP contribution is 2.27. The molecule has 206 valence electrons. The van der Waals surface area contributed by atoms with Crippen molar-refractivity contribution in [1.82, 2.24) is 0 Å². The monoisotopic (exact) mass is 534 g/mol. The molecular formula is C22H48O10P2. The Hall–Kier alpha value is 0.140. The fraction of sp³-hybridized carbons (Fsp3) is 1.00. The normalized spacial score (nSPS) is 17.2. The summed E-state index contributed by atoms with van der Waals surface area (Å²) in [5.74, 6) is 0. The molecule has 0 heterocycles. The van der Waals surface area contributed by atoms with E-state index < -0.39 is 34.7 Å². The van der Waals surface area contributed by atoms with Crippen molar-refractivity contribution in [2.24, 2.45) is 0 Å². The summed E-state index contributed by atoms with van der Waals surface area (Å²) in [6.07, 6.45) is 3.40. The number of hydrogen-bond donors (Lipinski definition) is 2. The lowest BCUT2D eigenvalue weighted by atomic mass is 10.2. The predicted octanol–water partition coefficient (Wildman–Crippen LogP) is 3.83. The molecule has 2 N–H and O–H groups in total. The van der Waals surface area contributed by atoms with E-state index in [1.807, 2.05) is 20.8 Å². The molecule has 0 rings (SSSR count). The van der Waals surface area contributed by atoms with Crippen molar-refractivity contribution in [2.45, 2.75) is 91.0 Å². The van der Waals surface area contributed by atoms with Crippen molar-refractivity contribution >= 4 is 16.1 Å². The van der Waals surface area contributed by atoms with E-state index in [2.05, 4.69) is 0 Å². The lowest BCUT2D eigenvalue weighted by Gasteiger charge is -2.20. The van der Waals surface area contributed by atoms with Crippen molar-refractivity contribution in [3.63, 3.8) is 0 Å². The van der Waals surface area contributed by atoms with Gasteiger partial charge in [0, 0.05) is 25.5 Å². The third-order valence-corrected chi connectivity index (χ3v) is 6.94. The molecule has 0 amide bonds. The zero-order chi connectivity index (χ0) is 25.6. The van der Waals surface area contributed by atoms with Gasteiger partial charge in [0.15, 0.2) is 28.6 Å². The van der Waals surface area contributed by atoms with Crippen molar-refractivity contribution in [3.05, 3.63) is 0 Å². The van der Waals surface area contributed by atoms with Gasteiger partial charge >= 0.3 is 0 Å². The smallest absolute Gasteiger partial charge is 0.191 e. The average Bonchev–Trinajstić information content (AvgIpc) is 2.81. The summed E-state index contributed by atoms with van der Waals surface area (Å²) in [4.78, 5) is 0. The van der Waals surface area contributed by atoms with E-state index in [0.717, 1.165) is 38.5 Å². The standard InChI is InChI=1S/C22H48O10P2/c1-5-11-27-21(24)17-30-22(28-12-6-2)18-32-34(26)14-10-8-7-9-13-33(25)31-16-20(4)29-15-19(3)23/h19-24,33-34H,5-18H2,1-4H3. The maximum absolute atomic E-state index is 12.2. The average molecular weight is 535 g/mol. The van der Waals surface area contributed by atoms with Gasteiger partial charge in [-0.2, -0.15) is 0 Å². The molecule has 0 radical (unpaired) electrons. The molecule has 0 aromatic carbocycles. The van der Waals surface area contributed by atoms with E-state index in [9.17, 15) is 19.3 Å².